The molecule has 0 aliphatic heterocycles. The molecule has 0 saturated carbocycles. The van der Waals surface area contributed by atoms with Gasteiger partial charge in [0.1, 0.15) is 18.9 Å². The lowest BCUT2D eigenvalue weighted by Crippen LogP contribution is -2.33. The molecule has 0 unspecified atom stereocenters. The molecule has 1 N–H and O–H groups in total. The summed E-state index contributed by atoms with van der Waals surface area (Å²) in [6.07, 6.45) is 0. The standard InChI is InChI=1S/C20H24N2O6S/c1-14-5-10-19(27-4)16(11-14)13-28-20(24)12-22(3)29(25,26)18-8-6-17(7-9-18)21-15(2)23/h5-11H,12-13H2,1-4H3,(H,21,23). The second kappa shape index (κ2) is 9.53. The summed E-state index contributed by atoms with van der Waals surface area (Å²) in [5, 5.41) is 2.56. The number of amides is 1. The molecule has 0 bridgehead atoms. The number of nitrogens with one attached hydrogen (secondary N) is 1. The van der Waals surface area contributed by atoms with E-state index in [4.69, 9.17) is 9.47 Å². The first-order chi connectivity index (χ1) is 13.6. The topological polar surface area (TPSA) is 102 Å². The number of hydrogen-bond acceptors (Lipinski definition) is 6. The van der Waals surface area contributed by atoms with Crippen molar-refractivity contribution in [2.45, 2.75) is 25.3 Å². The molecule has 0 aromatic heterocycles. The van der Waals surface area contributed by atoms with Gasteiger partial charge < -0.3 is 14.8 Å². The summed E-state index contributed by atoms with van der Waals surface area (Å²) in [6, 6.07) is 11.2. The molecule has 9 heteroatoms. The van der Waals surface area contributed by atoms with Crippen LogP contribution in [0.3, 0.4) is 0 Å². The summed E-state index contributed by atoms with van der Waals surface area (Å²) in [5.74, 6) is -0.358. The highest BCUT2D eigenvalue weighted by Crippen LogP contribution is 2.21. The number of esters is 1. The first-order valence-electron chi connectivity index (χ1n) is 8.76. The van der Waals surface area contributed by atoms with E-state index < -0.39 is 22.5 Å². The van der Waals surface area contributed by atoms with Gasteiger partial charge in [0, 0.05) is 25.2 Å². The van der Waals surface area contributed by atoms with E-state index in [-0.39, 0.29) is 17.4 Å². The fraction of sp³-hybridized carbons (Fsp3) is 0.300. The smallest absolute Gasteiger partial charge is 0.321 e. The van der Waals surface area contributed by atoms with Gasteiger partial charge in [0.15, 0.2) is 0 Å². The van der Waals surface area contributed by atoms with Crippen molar-refractivity contribution in [3.8, 4) is 5.75 Å². The number of methoxy groups -OCH3 is 1. The molecule has 2 aromatic carbocycles. The Bertz CT molecular complexity index is 987. The molecule has 2 aromatic rings. The van der Waals surface area contributed by atoms with Crippen molar-refractivity contribution < 1.29 is 27.5 Å². The van der Waals surface area contributed by atoms with Gasteiger partial charge in [-0.15, -0.1) is 0 Å². The minimum absolute atomic E-state index is 0.00209. The zero-order chi connectivity index (χ0) is 21.6. The van der Waals surface area contributed by atoms with E-state index in [1.54, 1.807) is 6.07 Å². The van der Waals surface area contributed by atoms with Crippen LogP contribution in [0.15, 0.2) is 47.4 Å². The molecular formula is C20H24N2O6S. The summed E-state index contributed by atoms with van der Waals surface area (Å²) >= 11 is 0. The van der Waals surface area contributed by atoms with Gasteiger partial charge in [-0.2, -0.15) is 4.31 Å². The Labute approximate surface area is 170 Å². The van der Waals surface area contributed by atoms with Crippen molar-refractivity contribution in [3.63, 3.8) is 0 Å². The van der Waals surface area contributed by atoms with Crippen LogP contribution in [0.5, 0.6) is 5.75 Å². The Morgan fingerprint density at radius 1 is 1.10 bits per heavy atom. The Hall–Kier alpha value is -2.91. The molecule has 0 aliphatic carbocycles. The summed E-state index contributed by atoms with van der Waals surface area (Å²) in [7, 11) is -1.07. The van der Waals surface area contributed by atoms with E-state index in [9.17, 15) is 18.0 Å². The van der Waals surface area contributed by atoms with E-state index in [2.05, 4.69) is 5.32 Å². The van der Waals surface area contributed by atoms with E-state index in [1.165, 1.54) is 45.3 Å². The summed E-state index contributed by atoms with van der Waals surface area (Å²) < 4.78 is 36.6. The highest BCUT2D eigenvalue weighted by molar-refractivity contribution is 7.89. The van der Waals surface area contributed by atoms with Crippen molar-refractivity contribution in [1.82, 2.24) is 4.31 Å². The molecule has 0 saturated heterocycles. The lowest BCUT2D eigenvalue weighted by atomic mass is 10.1. The van der Waals surface area contributed by atoms with Crippen LogP contribution in [0.2, 0.25) is 0 Å². The lowest BCUT2D eigenvalue weighted by molar-refractivity contribution is -0.145. The van der Waals surface area contributed by atoms with Gasteiger partial charge in [-0.25, -0.2) is 8.42 Å². The van der Waals surface area contributed by atoms with E-state index in [1.807, 2.05) is 19.1 Å². The van der Waals surface area contributed by atoms with Gasteiger partial charge in [-0.3, -0.25) is 9.59 Å². The molecule has 156 valence electrons. The van der Waals surface area contributed by atoms with Crippen LogP contribution in [0.25, 0.3) is 0 Å². The predicted molar refractivity (Wildman–Crippen MR) is 108 cm³/mol. The molecular weight excluding hydrogens is 396 g/mol. The molecule has 0 spiro atoms. The first-order valence-corrected chi connectivity index (χ1v) is 10.2. The minimum Gasteiger partial charge on any atom is -0.496 e. The maximum Gasteiger partial charge on any atom is 0.321 e. The Kier molecular flexibility index (Phi) is 7.35. The molecule has 2 rings (SSSR count). The third-order valence-corrected chi connectivity index (χ3v) is 5.88. The quantitative estimate of drug-likeness (QED) is 0.658. The second-order valence-corrected chi connectivity index (χ2v) is 8.49. The second-order valence-electron chi connectivity index (χ2n) is 6.44. The fourth-order valence-corrected chi connectivity index (χ4v) is 3.70. The van der Waals surface area contributed by atoms with Crippen LogP contribution in [0.4, 0.5) is 5.69 Å². The minimum atomic E-state index is -3.89. The van der Waals surface area contributed by atoms with Crippen molar-refractivity contribution in [2.24, 2.45) is 0 Å². The molecule has 29 heavy (non-hydrogen) atoms. The normalized spacial score (nSPS) is 11.2. The number of anilines is 1. The molecule has 0 aliphatic rings. The molecule has 8 nitrogen and oxygen atoms in total. The van der Waals surface area contributed by atoms with Gasteiger partial charge >= 0.3 is 5.97 Å². The van der Waals surface area contributed by atoms with Crippen molar-refractivity contribution >= 4 is 27.6 Å². The van der Waals surface area contributed by atoms with Crippen LogP contribution in [-0.4, -0.2) is 45.3 Å². The van der Waals surface area contributed by atoms with Crippen molar-refractivity contribution in [2.75, 3.05) is 26.0 Å². The number of carbonyl (C=O) groups is 2. The lowest BCUT2D eigenvalue weighted by Gasteiger charge is -2.17. The Morgan fingerprint density at radius 2 is 1.76 bits per heavy atom. The summed E-state index contributed by atoms with van der Waals surface area (Å²) in [4.78, 5) is 23.2. The highest BCUT2D eigenvalue weighted by Gasteiger charge is 2.23. The Balaban J connectivity index is 2.01. The monoisotopic (exact) mass is 420 g/mol. The van der Waals surface area contributed by atoms with Crippen LogP contribution >= 0.6 is 0 Å². The van der Waals surface area contributed by atoms with Crippen molar-refractivity contribution in [3.05, 3.63) is 53.6 Å². The highest BCUT2D eigenvalue weighted by atomic mass is 32.2. The van der Waals surface area contributed by atoms with Crippen LogP contribution in [0, 0.1) is 6.92 Å². The third-order valence-electron chi connectivity index (χ3n) is 4.06. The number of rotatable bonds is 8. The number of likely N-dealkylation sites (N-methyl/N-ethyl adjacent to an activating group) is 1. The van der Waals surface area contributed by atoms with Gasteiger partial charge in [0.2, 0.25) is 15.9 Å². The van der Waals surface area contributed by atoms with Gasteiger partial charge in [-0.05, 0) is 43.3 Å². The average molecular weight is 420 g/mol. The maximum atomic E-state index is 12.6. The van der Waals surface area contributed by atoms with E-state index >= 15 is 0 Å². The van der Waals surface area contributed by atoms with Crippen LogP contribution < -0.4 is 10.1 Å². The number of aryl methyl sites for hydroxylation is 1. The van der Waals surface area contributed by atoms with Gasteiger partial charge in [0.05, 0.1) is 12.0 Å². The van der Waals surface area contributed by atoms with Crippen molar-refractivity contribution in [1.29, 1.82) is 0 Å². The zero-order valence-corrected chi connectivity index (χ0v) is 17.6. The third kappa shape index (κ3) is 6.03. The van der Waals surface area contributed by atoms with Crippen LogP contribution in [0.1, 0.15) is 18.1 Å². The maximum absolute atomic E-state index is 12.6. The average Bonchev–Trinajstić information content (AvgIpc) is 2.66. The number of hydrogen-bond donors (Lipinski definition) is 1. The van der Waals surface area contributed by atoms with Crippen LogP contribution in [-0.2, 0) is 31.0 Å². The number of benzene rings is 2. The molecule has 0 atom stereocenters. The molecule has 1 amide bonds. The fourth-order valence-electron chi connectivity index (χ4n) is 2.58. The number of sulfonamides is 1. The van der Waals surface area contributed by atoms with E-state index in [0.717, 1.165) is 9.87 Å². The number of ether oxygens (including phenoxy) is 2. The van der Waals surface area contributed by atoms with Gasteiger partial charge in [0.25, 0.3) is 0 Å². The number of nitrogens with zero attached hydrogens (tertiary/aromatic N) is 1. The SMILES string of the molecule is COc1ccc(C)cc1COC(=O)CN(C)S(=O)(=O)c1ccc(NC(C)=O)cc1. The molecule has 0 heterocycles. The number of carbonyl (C=O) groups excluding carboxylic acids is 2. The Morgan fingerprint density at radius 3 is 2.34 bits per heavy atom. The predicted octanol–water partition coefficient (Wildman–Crippen LogP) is 2.33. The molecule has 0 radical (unpaired) electrons. The molecule has 0 fully saturated rings. The summed E-state index contributed by atoms with van der Waals surface area (Å²) in [6.45, 7) is 2.80. The largest absolute Gasteiger partial charge is 0.496 e. The van der Waals surface area contributed by atoms with Gasteiger partial charge in [-0.1, -0.05) is 11.6 Å². The zero-order valence-electron chi connectivity index (χ0n) is 16.8. The summed E-state index contributed by atoms with van der Waals surface area (Å²) in [5.41, 5.74) is 2.16. The first kappa shape index (κ1) is 22.4. The van der Waals surface area contributed by atoms with E-state index in [0.29, 0.717) is 17.0 Å².